The Hall–Kier alpha value is -1.39. The third-order valence-electron chi connectivity index (χ3n) is 3.81. The molecule has 110 valence electrons. The summed E-state index contributed by atoms with van der Waals surface area (Å²) in [6, 6.07) is 7.51. The molecule has 1 aromatic rings. The minimum Gasteiger partial charge on any atom is -0.352 e. The zero-order chi connectivity index (χ0) is 14.2. The molecule has 4 heteroatoms. The van der Waals surface area contributed by atoms with Crippen molar-refractivity contribution in [1.29, 1.82) is 0 Å². The number of nitrogens with two attached hydrogens (primary N) is 1. The quantitative estimate of drug-likeness (QED) is 0.745. The number of rotatable bonds is 7. The van der Waals surface area contributed by atoms with E-state index in [9.17, 15) is 4.79 Å². The van der Waals surface area contributed by atoms with Gasteiger partial charge in [0.05, 0.1) is 0 Å². The fourth-order valence-corrected chi connectivity index (χ4v) is 2.61. The number of carbonyl (C=O) groups excluding carboxylic acids is 1. The average molecular weight is 275 g/mol. The molecule has 0 aromatic heterocycles. The molecule has 1 saturated heterocycles. The lowest BCUT2D eigenvalue weighted by Gasteiger charge is -2.14. The molecule has 20 heavy (non-hydrogen) atoms. The molecule has 4 nitrogen and oxygen atoms in total. The number of nitrogens with one attached hydrogen (secondary N) is 1. The van der Waals surface area contributed by atoms with Crippen molar-refractivity contribution in [2.45, 2.75) is 32.2 Å². The monoisotopic (exact) mass is 275 g/mol. The second-order valence-electron chi connectivity index (χ2n) is 5.42. The van der Waals surface area contributed by atoms with Crippen LogP contribution in [0.5, 0.6) is 0 Å². The highest BCUT2D eigenvalue weighted by Gasteiger charge is 2.10. The van der Waals surface area contributed by atoms with Gasteiger partial charge in [0.25, 0.3) is 5.91 Å². The van der Waals surface area contributed by atoms with Crippen LogP contribution in [0.15, 0.2) is 24.3 Å². The second-order valence-corrected chi connectivity index (χ2v) is 5.42. The van der Waals surface area contributed by atoms with Gasteiger partial charge >= 0.3 is 0 Å². The summed E-state index contributed by atoms with van der Waals surface area (Å²) in [6.07, 6.45) is 4.88. The predicted molar refractivity (Wildman–Crippen MR) is 81.6 cm³/mol. The first-order valence-corrected chi connectivity index (χ1v) is 7.59. The number of likely N-dealkylation sites (tertiary alicyclic amines) is 1. The smallest absolute Gasteiger partial charge is 0.251 e. The summed E-state index contributed by atoms with van der Waals surface area (Å²) in [7, 11) is 0. The molecule has 1 aliphatic rings. The Morgan fingerprint density at radius 1 is 1.25 bits per heavy atom. The molecule has 1 aromatic carbocycles. The highest BCUT2D eigenvalue weighted by molar-refractivity contribution is 5.94. The summed E-state index contributed by atoms with van der Waals surface area (Å²) >= 11 is 0. The molecule has 1 fully saturated rings. The number of hydrogen-bond acceptors (Lipinski definition) is 3. The second kappa shape index (κ2) is 8.02. The maximum Gasteiger partial charge on any atom is 0.251 e. The Balaban J connectivity index is 1.64. The average Bonchev–Trinajstić information content (AvgIpc) is 3.00. The van der Waals surface area contributed by atoms with Crippen molar-refractivity contribution < 1.29 is 4.79 Å². The molecule has 0 unspecified atom stereocenters. The SMILES string of the molecule is NCc1cccc(C(=O)NCCCCN2CCCC2)c1. The van der Waals surface area contributed by atoms with Crippen LogP contribution >= 0.6 is 0 Å². The van der Waals surface area contributed by atoms with Gasteiger partial charge < -0.3 is 16.0 Å². The Bertz CT molecular complexity index is 427. The lowest BCUT2D eigenvalue weighted by molar-refractivity contribution is 0.0952. The van der Waals surface area contributed by atoms with Gasteiger partial charge in [-0.25, -0.2) is 0 Å². The number of unbranched alkanes of at least 4 members (excludes halogenated alkanes) is 1. The molecule has 2 rings (SSSR count). The molecule has 0 spiro atoms. The maximum absolute atomic E-state index is 12.0. The number of nitrogens with zero attached hydrogens (tertiary/aromatic N) is 1. The molecule has 1 heterocycles. The summed E-state index contributed by atoms with van der Waals surface area (Å²) in [5, 5.41) is 2.98. The highest BCUT2D eigenvalue weighted by atomic mass is 16.1. The van der Waals surface area contributed by atoms with E-state index in [-0.39, 0.29) is 5.91 Å². The van der Waals surface area contributed by atoms with Gasteiger partial charge in [-0.2, -0.15) is 0 Å². The van der Waals surface area contributed by atoms with Crippen LogP contribution in [-0.4, -0.2) is 37.0 Å². The van der Waals surface area contributed by atoms with E-state index >= 15 is 0 Å². The summed E-state index contributed by atoms with van der Waals surface area (Å²) < 4.78 is 0. The van der Waals surface area contributed by atoms with E-state index in [2.05, 4.69) is 10.2 Å². The molecule has 0 bridgehead atoms. The van der Waals surface area contributed by atoms with Gasteiger partial charge in [0.2, 0.25) is 0 Å². The molecular formula is C16H25N3O. The van der Waals surface area contributed by atoms with E-state index in [0.717, 1.165) is 24.9 Å². The Morgan fingerprint density at radius 3 is 2.80 bits per heavy atom. The van der Waals surface area contributed by atoms with Crippen LogP contribution in [0.2, 0.25) is 0 Å². The van der Waals surface area contributed by atoms with Gasteiger partial charge in [0, 0.05) is 18.7 Å². The van der Waals surface area contributed by atoms with Crippen molar-refractivity contribution in [1.82, 2.24) is 10.2 Å². The van der Waals surface area contributed by atoms with Crippen LogP contribution in [0.3, 0.4) is 0 Å². The van der Waals surface area contributed by atoms with Crippen LogP contribution in [0, 0.1) is 0 Å². The molecule has 0 atom stereocenters. The molecule has 0 radical (unpaired) electrons. The van der Waals surface area contributed by atoms with Gasteiger partial charge in [-0.3, -0.25) is 4.79 Å². The summed E-state index contributed by atoms with van der Waals surface area (Å²) in [5.41, 5.74) is 7.28. The van der Waals surface area contributed by atoms with Crippen LogP contribution in [-0.2, 0) is 6.54 Å². The predicted octanol–water partition coefficient (Wildman–Crippen LogP) is 1.75. The Kier molecular flexibility index (Phi) is 6.02. The van der Waals surface area contributed by atoms with E-state index in [1.54, 1.807) is 0 Å². The third kappa shape index (κ3) is 4.62. The maximum atomic E-state index is 12.0. The minimum atomic E-state index is 0.00136. The van der Waals surface area contributed by atoms with Crippen molar-refractivity contribution in [3.05, 3.63) is 35.4 Å². The first kappa shape index (κ1) is 15.0. The summed E-state index contributed by atoms with van der Waals surface area (Å²) in [6.45, 7) is 4.88. The van der Waals surface area contributed by atoms with Gasteiger partial charge in [0.15, 0.2) is 0 Å². The van der Waals surface area contributed by atoms with Crippen molar-refractivity contribution in [3.8, 4) is 0 Å². The summed E-state index contributed by atoms with van der Waals surface area (Å²) in [5.74, 6) is 0.00136. The molecule has 0 saturated carbocycles. The van der Waals surface area contributed by atoms with E-state index in [4.69, 9.17) is 5.73 Å². The zero-order valence-corrected chi connectivity index (χ0v) is 12.1. The van der Waals surface area contributed by atoms with Gasteiger partial charge in [-0.1, -0.05) is 12.1 Å². The molecule has 1 amide bonds. The van der Waals surface area contributed by atoms with Crippen LogP contribution < -0.4 is 11.1 Å². The Labute approximate surface area is 121 Å². The van der Waals surface area contributed by atoms with Crippen molar-refractivity contribution >= 4 is 5.91 Å². The zero-order valence-electron chi connectivity index (χ0n) is 12.1. The number of benzene rings is 1. The molecule has 3 N–H and O–H groups in total. The number of amides is 1. The van der Waals surface area contributed by atoms with Crippen molar-refractivity contribution in [2.24, 2.45) is 5.73 Å². The highest BCUT2D eigenvalue weighted by Crippen LogP contribution is 2.08. The van der Waals surface area contributed by atoms with Crippen LogP contribution in [0.25, 0.3) is 0 Å². The number of hydrogen-bond donors (Lipinski definition) is 2. The largest absolute Gasteiger partial charge is 0.352 e. The fourth-order valence-electron chi connectivity index (χ4n) is 2.61. The third-order valence-corrected chi connectivity index (χ3v) is 3.81. The van der Waals surface area contributed by atoms with E-state index in [1.807, 2.05) is 24.3 Å². The Morgan fingerprint density at radius 2 is 2.05 bits per heavy atom. The van der Waals surface area contributed by atoms with Crippen LogP contribution in [0.4, 0.5) is 0 Å². The first-order chi connectivity index (χ1) is 9.79. The van der Waals surface area contributed by atoms with Crippen molar-refractivity contribution in [3.63, 3.8) is 0 Å². The lowest BCUT2D eigenvalue weighted by atomic mass is 10.1. The number of carbonyl (C=O) groups is 1. The van der Waals surface area contributed by atoms with Gasteiger partial charge in [-0.15, -0.1) is 0 Å². The normalized spacial score (nSPS) is 15.4. The van der Waals surface area contributed by atoms with Crippen molar-refractivity contribution in [2.75, 3.05) is 26.2 Å². The first-order valence-electron chi connectivity index (χ1n) is 7.59. The summed E-state index contributed by atoms with van der Waals surface area (Å²) in [4.78, 5) is 14.5. The molecular weight excluding hydrogens is 250 g/mol. The van der Waals surface area contributed by atoms with Gasteiger partial charge in [-0.05, 0) is 63.0 Å². The fraction of sp³-hybridized carbons (Fsp3) is 0.562. The van der Waals surface area contributed by atoms with E-state index < -0.39 is 0 Å². The standard InChI is InChI=1S/C16H25N3O/c17-13-14-6-5-7-15(12-14)16(20)18-8-1-2-9-19-10-3-4-11-19/h5-7,12H,1-4,8-11,13,17H2,(H,18,20). The lowest BCUT2D eigenvalue weighted by Crippen LogP contribution is -2.26. The topological polar surface area (TPSA) is 58.4 Å². The van der Waals surface area contributed by atoms with Crippen LogP contribution in [0.1, 0.15) is 41.6 Å². The van der Waals surface area contributed by atoms with E-state index in [0.29, 0.717) is 12.1 Å². The van der Waals surface area contributed by atoms with Gasteiger partial charge in [0.1, 0.15) is 0 Å². The minimum absolute atomic E-state index is 0.00136. The molecule has 1 aliphatic heterocycles. The van der Waals surface area contributed by atoms with E-state index in [1.165, 1.54) is 32.5 Å². The molecule has 0 aliphatic carbocycles.